The van der Waals surface area contributed by atoms with Crippen LogP contribution in [-0.2, 0) is 6.54 Å². The van der Waals surface area contributed by atoms with E-state index in [-0.39, 0.29) is 0 Å². The third-order valence-corrected chi connectivity index (χ3v) is 4.75. The summed E-state index contributed by atoms with van der Waals surface area (Å²) in [7, 11) is 0. The van der Waals surface area contributed by atoms with Gasteiger partial charge in [0.2, 0.25) is 0 Å². The Hall–Kier alpha value is -1.06. The molecule has 2 N–H and O–H groups in total. The molecule has 1 fully saturated rings. The van der Waals surface area contributed by atoms with Gasteiger partial charge < -0.3 is 10.5 Å². The summed E-state index contributed by atoms with van der Waals surface area (Å²) in [4.78, 5) is 2.52. The average Bonchev–Trinajstić information content (AvgIpc) is 2.50. The molecule has 1 aromatic carbocycles. The summed E-state index contributed by atoms with van der Waals surface area (Å²) in [5, 5.41) is 0. The second-order valence-corrected chi connectivity index (χ2v) is 6.20. The number of benzene rings is 1. The monoisotopic (exact) mass is 276 g/mol. The van der Waals surface area contributed by atoms with E-state index in [1.807, 2.05) is 24.3 Å². The molecule has 0 atom stereocenters. The van der Waals surface area contributed by atoms with Crippen molar-refractivity contribution in [2.24, 2.45) is 11.1 Å². The number of ether oxygens (including phenoxy) is 1. The summed E-state index contributed by atoms with van der Waals surface area (Å²) in [6, 6.07) is 8.07. The summed E-state index contributed by atoms with van der Waals surface area (Å²) in [6.07, 6.45) is 3.92. The smallest absolute Gasteiger partial charge is 0.119 e. The maximum atomic E-state index is 5.80. The van der Waals surface area contributed by atoms with Crippen LogP contribution in [0.2, 0.25) is 0 Å². The molecule has 0 aromatic heterocycles. The fourth-order valence-electron chi connectivity index (χ4n) is 2.68. The van der Waals surface area contributed by atoms with Crippen molar-refractivity contribution in [3.05, 3.63) is 29.8 Å². The second kappa shape index (κ2) is 7.09. The number of piperidine rings is 1. The minimum Gasteiger partial charge on any atom is -0.492 e. The third kappa shape index (κ3) is 4.22. The normalized spacial score (nSPS) is 18.9. The van der Waals surface area contributed by atoms with Gasteiger partial charge in [0.15, 0.2) is 0 Å². The molecule has 1 aliphatic rings. The van der Waals surface area contributed by atoms with Gasteiger partial charge in [0.25, 0.3) is 0 Å². The van der Waals surface area contributed by atoms with Crippen molar-refractivity contribution < 1.29 is 4.74 Å². The molecule has 0 aliphatic carbocycles. The Bertz CT molecular complexity index is 394. The van der Waals surface area contributed by atoms with E-state index in [1.165, 1.54) is 32.4 Å². The Labute approximate surface area is 123 Å². The van der Waals surface area contributed by atoms with E-state index in [4.69, 9.17) is 10.5 Å². The fourth-order valence-corrected chi connectivity index (χ4v) is 2.68. The number of nitrogens with zero attached hydrogens (tertiary/aromatic N) is 1. The van der Waals surface area contributed by atoms with Crippen LogP contribution in [0.3, 0.4) is 0 Å². The molecule has 1 aliphatic heterocycles. The molecule has 2 rings (SSSR count). The van der Waals surface area contributed by atoms with Crippen LogP contribution in [0.1, 0.15) is 38.7 Å². The second-order valence-electron chi connectivity index (χ2n) is 6.20. The van der Waals surface area contributed by atoms with Gasteiger partial charge in [-0.25, -0.2) is 0 Å². The quantitative estimate of drug-likeness (QED) is 0.868. The molecule has 0 unspecified atom stereocenters. The van der Waals surface area contributed by atoms with Crippen molar-refractivity contribution >= 4 is 0 Å². The number of nitrogens with two attached hydrogens (primary N) is 1. The fraction of sp³-hybridized carbons (Fsp3) is 0.647. The highest BCUT2D eigenvalue weighted by Crippen LogP contribution is 2.33. The van der Waals surface area contributed by atoms with Gasteiger partial charge in [-0.2, -0.15) is 0 Å². The molecule has 0 amide bonds. The van der Waals surface area contributed by atoms with Gasteiger partial charge in [-0.05, 0) is 49.0 Å². The molecule has 0 radical (unpaired) electrons. The first-order valence-electron chi connectivity index (χ1n) is 7.79. The molecule has 1 aromatic rings. The molecule has 112 valence electrons. The topological polar surface area (TPSA) is 38.5 Å². The highest BCUT2D eigenvalue weighted by molar-refractivity contribution is 5.27. The third-order valence-electron chi connectivity index (χ3n) is 4.75. The minimum absolute atomic E-state index is 0.565. The van der Waals surface area contributed by atoms with Crippen molar-refractivity contribution in [1.82, 2.24) is 4.90 Å². The molecule has 0 bridgehead atoms. The SMILES string of the molecule is CCC1(C)CCN(CCOc2ccc(CN)cc2)CC1. The first-order valence-corrected chi connectivity index (χ1v) is 7.79. The lowest BCUT2D eigenvalue weighted by atomic mass is 9.78. The summed E-state index contributed by atoms with van der Waals surface area (Å²) < 4.78 is 5.80. The van der Waals surface area contributed by atoms with Crippen LogP contribution >= 0.6 is 0 Å². The Morgan fingerprint density at radius 2 is 1.85 bits per heavy atom. The maximum Gasteiger partial charge on any atom is 0.119 e. The summed E-state index contributed by atoms with van der Waals surface area (Å²) in [6.45, 7) is 9.52. The van der Waals surface area contributed by atoms with Crippen LogP contribution in [0.4, 0.5) is 0 Å². The van der Waals surface area contributed by atoms with E-state index in [0.717, 1.165) is 24.5 Å². The van der Waals surface area contributed by atoms with Crippen LogP contribution in [-0.4, -0.2) is 31.1 Å². The van der Waals surface area contributed by atoms with E-state index in [2.05, 4.69) is 18.7 Å². The number of likely N-dealkylation sites (tertiary alicyclic amines) is 1. The van der Waals surface area contributed by atoms with Gasteiger partial charge in [0, 0.05) is 13.1 Å². The van der Waals surface area contributed by atoms with Crippen molar-refractivity contribution in [3.63, 3.8) is 0 Å². The Morgan fingerprint density at radius 1 is 1.20 bits per heavy atom. The van der Waals surface area contributed by atoms with E-state index >= 15 is 0 Å². The van der Waals surface area contributed by atoms with Gasteiger partial charge in [-0.15, -0.1) is 0 Å². The number of rotatable bonds is 6. The van der Waals surface area contributed by atoms with Crippen molar-refractivity contribution in [2.45, 2.75) is 39.7 Å². The maximum absolute atomic E-state index is 5.80. The molecular formula is C17H28N2O. The largest absolute Gasteiger partial charge is 0.492 e. The minimum atomic E-state index is 0.565. The number of hydrogen-bond acceptors (Lipinski definition) is 3. The van der Waals surface area contributed by atoms with Gasteiger partial charge in [0.05, 0.1) is 0 Å². The Balaban J connectivity index is 1.68. The molecule has 3 nitrogen and oxygen atoms in total. The lowest BCUT2D eigenvalue weighted by Crippen LogP contribution is -2.40. The van der Waals surface area contributed by atoms with Gasteiger partial charge in [-0.3, -0.25) is 4.90 Å². The zero-order valence-corrected chi connectivity index (χ0v) is 12.9. The van der Waals surface area contributed by atoms with E-state index in [9.17, 15) is 0 Å². The van der Waals surface area contributed by atoms with Crippen LogP contribution < -0.4 is 10.5 Å². The van der Waals surface area contributed by atoms with Crippen LogP contribution in [0.15, 0.2) is 24.3 Å². The summed E-state index contributed by atoms with van der Waals surface area (Å²) >= 11 is 0. The average molecular weight is 276 g/mol. The Morgan fingerprint density at radius 3 is 2.40 bits per heavy atom. The summed E-state index contributed by atoms with van der Waals surface area (Å²) in [5.41, 5.74) is 7.29. The van der Waals surface area contributed by atoms with Crippen molar-refractivity contribution in [2.75, 3.05) is 26.2 Å². The molecular weight excluding hydrogens is 248 g/mol. The summed E-state index contributed by atoms with van der Waals surface area (Å²) in [5.74, 6) is 0.942. The highest BCUT2D eigenvalue weighted by Gasteiger charge is 2.27. The van der Waals surface area contributed by atoms with Crippen molar-refractivity contribution in [1.29, 1.82) is 0 Å². The predicted octanol–water partition coefficient (Wildman–Crippen LogP) is 3.04. The Kier molecular flexibility index (Phi) is 5.44. The van der Waals surface area contributed by atoms with Crippen LogP contribution in [0.25, 0.3) is 0 Å². The number of hydrogen-bond donors (Lipinski definition) is 1. The lowest BCUT2D eigenvalue weighted by molar-refractivity contribution is 0.101. The molecule has 1 heterocycles. The predicted molar refractivity (Wildman–Crippen MR) is 83.9 cm³/mol. The lowest BCUT2D eigenvalue weighted by Gasteiger charge is -2.38. The molecule has 20 heavy (non-hydrogen) atoms. The van der Waals surface area contributed by atoms with Crippen LogP contribution in [0.5, 0.6) is 5.75 Å². The molecule has 3 heteroatoms. The van der Waals surface area contributed by atoms with Crippen molar-refractivity contribution in [3.8, 4) is 5.75 Å². The van der Waals surface area contributed by atoms with Gasteiger partial charge in [0.1, 0.15) is 12.4 Å². The van der Waals surface area contributed by atoms with E-state index < -0.39 is 0 Å². The van der Waals surface area contributed by atoms with Crippen LogP contribution in [0, 0.1) is 5.41 Å². The first kappa shape index (κ1) is 15.3. The first-order chi connectivity index (χ1) is 9.65. The standard InChI is InChI=1S/C17H28N2O/c1-3-17(2)8-10-19(11-9-17)12-13-20-16-6-4-15(14-18)5-7-16/h4-7H,3,8-14,18H2,1-2H3. The van der Waals surface area contributed by atoms with Gasteiger partial charge in [-0.1, -0.05) is 32.4 Å². The zero-order chi connectivity index (χ0) is 14.4. The van der Waals surface area contributed by atoms with E-state index in [1.54, 1.807) is 0 Å². The van der Waals surface area contributed by atoms with E-state index in [0.29, 0.717) is 12.0 Å². The highest BCUT2D eigenvalue weighted by atomic mass is 16.5. The van der Waals surface area contributed by atoms with Gasteiger partial charge >= 0.3 is 0 Å². The zero-order valence-electron chi connectivity index (χ0n) is 12.9. The molecule has 1 saturated heterocycles. The molecule has 0 saturated carbocycles. The molecule has 0 spiro atoms.